The number of hydrogen-bond acceptors (Lipinski definition) is 7. The van der Waals surface area contributed by atoms with Crippen molar-refractivity contribution in [3.63, 3.8) is 0 Å². The van der Waals surface area contributed by atoms with Gasteiger partial charge in [-0.05, 0) is 18.4 Å². The average Bonchev–Trinajstić information content (AvgIpc) is 2.92. The van der Waals surface area contributed by atoms with Gasteiger partial charge in [-0.25, -0.2) is 4.79 Å². The van der Waals surface area contributed by atoms with Crippen LogP contribution in [-0.2, 0) is 13.0 Å². The molecule has 0 atom stereocenters. The van der Waals surface area contributed by atoms with Crippen molar-refractivity contribution in [1.82, 2.24) is 25.4 Å². The third-order valence-electron chi connectivity index (χ3n) is 2.75. The Labute approximate surface area is 130 Å². The normalized spacial score (nSPS) is 10.7. The minimum absolute atomic E-state index is 0.0111. The fraction of sp³-hybridized carbons (Fsp3) is 0.385. The molecular formula is C13H16N6O4. The van der Waals surface area contributed by atoms with Crippen LogP contribution in [0.2, 0.25) is 0 Å². The van der Waals surface area contributed by atoms with Crippen molar-refractivity contribution < 1.29 is 14.1 Å². The smallest absolute Gasteiger partial charge is 0.345 e. The molecule has 2 aromatic heterocycles. The molecule has 0 radical (unpaired) electrons. The van der Waals surface area contributed by atoms with Gasteiger partial charge in [0.2, 0.25) is 0 Å². The number of aromatic amines is 1. The summed E-state index contributed by atoms with van der Waals surface area (Å²) in [6.07, 6.45) is 0.616. The van der Waals surface area contributed by atoms with Crippen LogP contribution in [0.25, 0.3) is 0 Å². The van der Waals surface area contributed by atoms with Gasteiger partial charge in [0.15, 0.2) is 5.82 Å². The molecule has 0 aliphatic carbocycles. The van der Waals surface area contributed by atoms with Gasteiger partial charge in [-0.2, -0.15) is 9.97 Å². The summed E-state index contributed by atoms with van der Waals surface area (Å²) in [6, 6.07) is 1.52. The highest BCUT2D eigenvalue weighted by Crippen LogP contribution is 2.05. The van der Waals surface area contributed by atoms with Gasteiger partial charge in [-0.1, -0.05) is 19.0 Å². The van der Waals surface area contributed by atoms with E-state index in [1.165, 1.54) is 6.07 Å². The molecule has 10 heteroatoms. The molecule has 2 heterocycles. The maximum atomic E-state index is 12.0. The number of nitrogens with zero attached hydrogens (tertiary/aromatic N) is 3. The summed E-state index contributed by atoms with van der Waals surface area (Å²) in [5, 5.41) is 5.97. The van der Waals surface area contributed by atoms with Crippen molar-refractivity contribution >= 4 is 11.8 Å². The molecular weight excluding hydrogens is 304 g/mol. The Bertz CT molecular complexity index is 779. The Morgan fingerprint density at radius 3 is 2.74 bits per heavy atom. The molecule has 0 aromatic carbocycles. The van der Waals surface area contributed by atoms with E-state index >= 15 is 0 Å². The minimum Gasteiger partial charge on any atom is -0.361 e. The van der Waals surface area contributed by atoms with Crippen molar-refractivity contribution in [2.45, 2.75) is 26.8 Å². The standard InChI is InChI=1S/C13H16N6O4/c1-6(2)3-7-4-8(17-13(22)16-7)11(21)15-5-9-18-12(10(14)20)23-19-9/h4,6H,3,5H2,1-2H3,(H2,14,20)(H,15,21)(H,16,17,22). The summed E-state index contributed by atoms with van der Waals surface area (Å²) >= 11 is 0. The first-order chi connectivity index (χ1) is 10.8. The number of aromatic nitrogens is 4. The zero-order valence-corrected chi connectivity index (χ0v) is 12.6. The van der Waals surface area contributed by atoms with Gasteiger partial charge >= 0.3 is 17.5 Å². The molecule has 0 spiro atoms. The van der Waals surface area contributed by atoms with Crippen molar-refractivity contribution in [1.29, 1.82) is 0 Å². The predicted molar refractivity (Wildman–Crippen MR) is 77.4 cm³/mol. The van der Waals surface area contributed by atoms with Crippen LogP contribution in [0.3, 0.4) is 0 Å². The quantitative estimate of drug-likeness (QED) is 0.640. The molecule has 0 saturated carbocycles. The lowest BCUT2D eigenvalue weighted by atomic mass is 10.1. The molecule has 2 rings (SSSR count). The lowest BCUT2D eigenvalue weighted by Gasteiger charge is -2.06. The Morgan fingerprint density at radius 1 is 1.39 bits per heavy atom. The average molecular weight is 320 g/mol. The third kappa shape index (κ3) is 4.46. The Hall–Kier alpha value is -3.04. The van der Waals surface area contributed by atoms with Gasteiger partial charge in [0.25, 0.3) is 5.91 Å². The van der Waals surface area contributed by atoms with E-state index < -0.39 is 17.5 Å². The molecule has 4 N–H and O–H groups in total. The van der Waals surface area contributed by atoms with Crippen molar-refractivity contribution in [2.75, 3.05) is 0 Å². The van der Waals surface area contributed by atoms with E-state index in [1.807, 2.05) is 13.8 Å². The summed E-state index contributed by atoms with van der Waals surface area (Å²) in [4.78, 5) is 44.3. The van der Waals surface area contributed by atoms with E-state index in [-0.39, 0.29) is 24.0 Å². The van der Waals surface area contributed by atoms with Crippen molar-refractivity contribution in [3.05, 3.63) is 39.7 Å². The lowest BCUT2D eigenvalue weighted by Crippen LogP contribution is -2.28. The molecule has 0 aliphatic heterocycles. The molecule has 0 bridgehead atoms. The molecule has 0 unspecified atom stereocenters. The number of carbonyl (C=O) groups excluding carboxylic acids is 2. The second-order valence-corrected chi connectivity index (χ2v) is 5.26. The van der Waals surface area contributed by atoms with Crippen LogP contribution in [-0.4, -0.2) is 31.9 Å². The largest absolute Gasteiger partial charge is 0.361 e. The third-order valence-corrected chi connectivity index (χ3v) is 2.75. The zero-order chi connectivity index (χ0) is 17.0. The highest BCUT2D eigenvalue weighted by atomic mass is 16.5. The van der Waals surface area contributed by atoms with Gasteiger partial charge in [0, 0.05) is 5.69 Å². The molecule has 0 aliphatic rings. The maximum Gasteiger partial charge on any atom is 0.345 e. The fourth-order valence-electron chi connectivity index (χ4n) is 1.85. The van der Waals surface area contributed by atoms with E-state index in [1.54, 1.807) is 0 Å². The van der Waals surface area contributed by atoms with Gasteiger partial charge < -0.3 is 20.6 Å². The molecule has 10 nitrogen and oxygen atoms in total. The Kier molecular flexibility index (Phi) is 4.84. The number of H-pyrrole nitrogens is 1. The Morgan fingerprint density at radius 2 is 2.13 bits per heavy atom. The molecule has 0 fully saturated rings. The summed E-state index contributed by atoms with van der Waals surface area (Å²) in [5.74, 6) is -1.37. The monoisotopic (exact) mass is 320 g/mol. The van der Waals surface area contributed by atoms with Crippen LogP contribution >= 0.6 is 0 Å². The number of primary amides is 1. The van der Waals surface area contributed by atoms with E-state index in [4.69, 9.17) is 5.73 Å². The second kappa shape index (κ2) is 6.81. The van der Waals surface area contributed by atoms with Gasteiger partial charge in [-0.3, -0.25) is 9.59 Å². The van der Waals surface area contributed by atoms with E-state index in [0.29, 0.717) is 18.0 Å². The topological polar surface area (TPSA) is 157 Å². The first-order valence-corrected chi connectivity index (χ1v) is 6.86. The predicted octanol–water partition coefficient (Wildman–Crippen LogP) is -0.620. The van der Waals surface area contributed by atoms with E-state index in [9.17, 15) is 14.4 Å². The molecule has 2 aromatic rings. The number of hydrogen-bond donors (Lipinski definition) is 3. The van der Waals surface area contributed by atoms with Crippen LogP contribution in [0.5, 0.6) is 0 Å². The van der Waals surface area contributed by atoms with Crippen molar-refractivity contribution in [2.24, 2.45) is 11.7 Å². The number of rotatable bonds is 6. The Balaban J connectivity index is 2.06. The second-order valence-electron chi connectivity index (χ2n) is 5.26. The zero-order valence-electron chi connectivity index (χ0n) is 12.6. The van der Waals surface area contributed by atoms with Gasteiger partial charge in [-0.15, -0.1) is 0 Å². The van der Waals surface area contributed by atoms with Crippen LogP contribution in [0.4, 0.5) is 0 Å². The molecule has 2 amide bonds. The van der Waals surface area contributed by atoms with Gasteiger partial charge in [0.1, 0.15) is 5.69 Å². The number of carbonyl (C=O) groups is 2. The summed E-state index contributed by atoms with van der Waals surface area (Å²) in [5.41, 5.74) is 5.00. The SMILES string of the molecule is CC(C)Cc1cc(C(=O)NCc2noc(C(N)=O)n2)nc(=O)[nH]1. The van der Waals surface area contributed by atoms with Crippen molar-refractivity contribution in [3.8, 4) is 0 Å². The highest BCUT2D eigenvalue weighted by Gasteiger charge is 2.14. The number of amides is 2. The highest BCUT2D eigenvalue weighted by molar-refractivity contribution is 5.92. The summed E-state index contributed by atoms with van der Waals surface area (Å²) < 4.78 is 4.59. The molecule has 23 heavy (non-hydrogen) atoms. The lowest BCUT2D eigenvalue weighted by molar-refractivity contribution is 0.0939. The van der Waals surface area contributed by atoms with Crippen LogP contribution in [0, 0.1) is 5.92 Å². The van der Waals surface area contributed by atoms with Crippen LogP contribution in [0.15, 0.2) is 15.4 Å². The first kappa shape index (κ1) is 16.3. The molecule has 122 valence electrons. The summed E-state index contributed by atoms with van der Waals surface area (Å²) in [7, 11) is 0. The number of nitrogens with two attached hydrogens (primary N) is 1. The van der Waals surface area contributed by atoms with Crippen LogP contribution < -0.4 is 16.7 Å². The first-order valence-electron chi connectivity index (χ1n) is 6.86. The minimum atomic E-state index is -0.857. The van der Waals surface area contributed by atoms with E-state index in [0.717, 1.165) is 0 Å². The molecule has 0 saturated heterocycles. The van der Waals surface area contributed by atoms with Crippen LogP contribution in [0.1, 0.15) is 46.5 Å². The van der Waals surface area contributed by atoms with E-state index in [2.05, 4.69) is 29.9 Å². The number of nitrogens with one attached hydrogen (secondary N) is 2. The summed E-state index contributed by atoms with van der Waals surface area (Å²) in [6.45, 7) is 3.89. The fourth-order valence-corrected chi connectivity index (χ4v) is 1.85. The maximum absolute atomic E-state index is 12.0. The van der Waals surface area contributed by atoms with Gasteiger partial charge in [0.05, 0.1) is 6.54 Å².